The number of hydrogen-bond acceptors (Lipinski definition) is 7. The van der Waals surface area contributed by atoms with Crippen LogP contribution in [0.15, 0.2) is 97.7 Å². The van der Waals surface area contributed by atoms with Crippen molar-refractivity contribution in [2.45, 2.75) is 13.2 Å². The van der Waals surface area contributed by atoms with Crippen LogP contribution in [0.4, 0.5) is 4.39 Å². The molecule has 0 spiro atoms. The maximum Gasteiger partial charge on any atom is 0.209 e. The maximum absolute atomic E-state index is 14.6. The van der Waals surface area contributed by atoms with Gasteiger partial charge in [0.1, 0.15) is 23.9 Å². The normalized spacial score (nSPS) is 11.8. The van der Waals surface area contributed by atoms with Crippen LogP contribution < -0.4 is 9.46 Å². The van der Waals surface area contributed by atoms with Crippen molar-refractivity contribution in [1.29, 1.82) is 0 Å². The lowest BCUT2D eigenvalue weighted by Crippen LogP contribution is -2.21. The first-order valence-electron chi connectivity index (χ1n) is 14.0. The lowest BCUT2D eigenvalue weighted by atomic mass is 10.0. The minimum Gasteiger partial charge on any atom is -0.487 e. The van der Waals surface area contributed by atoms with E-state index in [0.717, 1.165) is 44.9 Å². The lowest BCUT2D eigenvalue weighted by molar-refractivity contribution is 0.305. The van der Waals surface area contributed by atoms with E-state index in [1.165, 1.54) is 12.1 Å². The third-order valence-electron chi connectivity index (χ3n) is 7.32. The topological polar surface area (TPSA) is 139 Å². The van der Waals surface area contributed by atoms with Crippen LogP contribution in [0.5, 0.6) is 5.75 Å². The number of H-pyrrole nitrogens is 2. The molecule has 5 aromatic heterocycles. The summed E-state index contributed by atoms with van der Waals surface area (Å²) in [4.78, 5) is 16.7. The molecular formula is C33H26FN7O3S. The molecule has 0 saturated carbocycles. The van der Waals surface area contributed by atoms with Crippen molar-refractivity contribution >= 4 is 32.0 Å². The van der Waals surface area contributed by atoms with Gasteiger partial charge in [-0.1, -0.05) is 30.3 Å². The minimum atomic E-state index is -3.44. The van der Waals surface area contributed by atoms with Crippen LogP contribution in [0.2, 0.25) is 0 Å². The Morgan fingerprint density at radius 2 is 1.67 bits per heavy atom. The van der Waals surface area contributed by atoms with Crippen molar-refractivity contribution in [3.63, 3.8) is 0 Å². The Hall–Kier alpha value is -5.46. The summed E-state index contributed by atoms with van der Waals surface area (Å²) in [7, 11) is -3.44. The molecule has 0 radical (unpaired) electrons. The number of nitrogens with zero attached hydrogens (tertiary/aromatic N) is 4. The molecule has 0 bridgehead atoms. The van der Waals surface area contributed by atoms with E-state index in [9.17, 15) is 12.8 Å². The van der Waals surface area contributed by atoms with Crippen molar-refractivity contribution in [2.75, 3.05) is 6.26 Å². The molecule has 224 valence electrons. The van der Waals surface area contributed by atoms with Crippen LogP contribution >= 0.6 is 0 Å². The van der Waals surface area contributed by atoms with Gasteiger partial charge in [-0.2, -0.15) is 5.10 Å². The molecule has 7 rings (SSSR count). The Morgan fingerprint density at radius 1 is 0.844 bits per heavy atom. The zero-order valence-corrected chi connectivity index (χ0v) is 24.8. The standard InChI is InChI=1S/C33H26FN7O3S/c1-45(42,43)38-13-21-7-22(9-25(34)8-21)29-17-36-18-31-27(29)12-30(39-31)32-28-11-24(15-37-33(28)41-40-32)23-10-26(16-35-14-23)44-19-20-5-3-2-4-6-20/h2-12,14-18,38-39H,13,19H2,1H3,(H,37,40,41). The quantitative estimate of drug-likeness (QED) is 0.180. The van der Waals surface area contributed by atoms with E-state index in [-0.39, 0.29) is 6.54 Å². The van der Waals surface area contributed by atoms with Crippen LogP contribution in [0.25, 0.3) is 55.6 Å². The van der Waals surface area contributed by atoms with E-state index in [1.54, 1.807) is 37.1 Å². The number of aromatic nitrogens is 6. The molecule has 0 fully saturated rings. The number of fused-ring (bicyclic) bond motifs is 2. The first kappa shape index (κ1) is 28.3. The fraction of sp³-hybridized carbons (Fsp3) is 0.0909. The Balaban J connectivity index is 1.22. The van der Waals surface area contributed by atoms with Gasteiger partial charge in [-0.3, -0.25) is 15.1 Å². The van der Waals surface area contributed by atoms with Gasteiger partial charge >= 0.3 is 0 Å². The fourth-order valence-electron chi connectivity index (χ4n) is 5.19. The summed E-state index contributed by atoms with van der Waals surface area (Å²) in [6.07, 6.45) is 9.62. The molecule has 2 aromatic carbocycles. The number of aromatic amines is 2. The number of benzene rings is 2. The summed E-state index contributed by atoms with van der Waals surface area (Å²) in [5.74, 6) is 0.165. The van der Waals surface area contributed by atoms with E-state index < -0.39 is 15.8 Å². The fourth-order valence-corrected chi connectivity index (χ4v) is 5.62. The number of ether oxygens (including phenoxy) is 1. The summed E-state index contributed by atoms with van der Waals surface area (Å²) in [6, 6.07) is 20.2. The van der Waals surface area contributed by atoms with Crippen LogP contribution in [0.3, 0.4) is 0 Å². The van der Waals surface area contributed by atoms with Gasteiger partial charge in [-0.15, -0.1) is 0 Å². The number of halogens is 1. The molecule has 45 heavy (non-hydrogen) atoms. The van der Waals surface area contributed by atoms with Crippen LogP contribution in [0.1, 0.15) is 11.1 Å². The highest BCUT2D eigenvalue weighted by atomic mass is 32.2. The van der Waals surface area contributed by atoms with Gasteiger partial charge in [0, 0.05) is 52.6 Å². The third-order valence-corrected chi connectivity index (χ3v) is 7.99. The Labute approximate surface area is 257 Å². The first-order chi connectivity index (χ1) is 21.8. The summed E-state index contributed by atoms with van der Waals surface area (Å²) in [5, 5.41) is 9.16. The van der Waals surface area contributed by atoms with Gasteiger partial charge in [0.05, 0.1) is 29.9 Å². The van der Waals surface area contributed by atoms with Crippen molar-refractivity contribution in [1.82, 2.24) is 34.9 Å². The molecule has 10 nitrogen and oxygen atoms in total. The van der Waals surface area contributed by atoms with Crippen molar-refractivity contribution in [3.05, 3.63) is 115 Å². The molecule has 0 aliphatic rings. The number of nitrogens with one attached hydrogen (secondary N) is 3. The second-order valence-electron chi connectivity index (χ2n) is 10.6. The molecule has 12 heteroatoms. The molecule has 3 N–H and O–H groups in total. The highest BCUT2D eigenvalue weighted by Crippen LogP contribution is 2.35. The summed E-state index contributed by atoms with van der Waals surface area (Å²) in [6.45, 7) is 0.401. The molecule has 0 aliphatic heterocycles. The van der Waals surface area contributed by atoms with Gasteiger partial charge in [0.2, 0.25) is 10.0 Å². The highest BCUT2D eigenvalue weighted by molar-refractivity contribution is 7.88. The first-order valence-corrected chi connectivity index (χ1v) is 15.9. The highest BCUT2D eigenvalue weighted by Gasteiger charge is 2.16. The smallest absolute Gasteiger partial charge is 0.209 e. The van der Waals surface area contributed by atoms with Crippen LogP contribution in [0, 0.1) is 5.82 Å². The second-order valence-corrected chi connectivity index (χ2v) is 12.5. The maximum atomic E-state index is 14.6. The number of rotatable bonds is 9. The summed E-state index contributed by atoms with van der Waals surface area (Å²) in [5.41, 5.74) is 7.22. The van der Waals surface area contributed by atoms with Crippen molar-refractivity contribution in [3.8, 4) is 39.4 Å². The molecular weight excluding hydrogens is 593 g/mol. The SMILES string of the molecule is CS(=O)(=O)NCc1cc(F)cc(-c2cncc3[nH]c(-c4n[nH]c5ncc(-c6cncc(OCc7ccccc7)c6)cc45)cc23)c1. The Kier molecular flexibility index (Phi) is 7.28. The third kappa shape index (κ3) is 6.14. The molecule has 0 saturated heterocycles. The summed E-state index contributed by atoms with van der Waals surface area (Å²) < 4.78 is 46.2. The van der Waals surface area contributed by atoms with E-state index >= 15 is 0 Å². The average molecular weight is 620 g/mol. The van der Waals surface area contributed by atoms with Crippen LogP contribution in [-0.2, 0) is 23.2 Å². The van der Waals surface area contributed by atoms with Crippen LogP contribution in [-0.4, -0.2) is 44.8 Å². The minimum absolute atomic E-state index is 0.0302. The Bertz CT molecular complexity index is 2290. The largest absolute Gasteiger partial charge is 0.487 e. The van der Waals surface area contributed by atoms with Gasteiger partial charge in [0.15, 0.2) is 5.65 Å². The molecule has 0 unspecified atom stereocenters. The zero-order valence-electron chi connectivity index (χ0n) is 24.0. The zero-order chi connectivity index (χ0) is 31.0. The average Bonchev–Trinajstić information content (AvgIpc) is 3.67. The van der Waals surface area contributed by atoms with Gasteiger partial charge in [-0.05, 0) is 53.1 Å². The monoisotopic (exact) mass is 619 g/mol. The molecule has 0 aliphatic carbocycles. The predicted molar refractivity (Wildman–Crippen MR) is 170 cm³/mol. The molecule has 0 amide bonds. The number of pyridine rings is 3. The summed E-state index contributed by atoms with van der Waals surface area (Å²) >= 11 is 0. The number of hydrogen-bond donors (Lipinski definition) is 3. The predicted octanol–water partition coefficient (Wildman–Crippen LogP) is 6.00. The van der Waals surface area contributed by atoms with Crippen molar-refractivity contribution < 1.29 is 17.5 Å². The molecule has 0 atom stereocenters. The van der Waals surface area contributed by atoms with Gasteiger partial charge in [-0.25, -0.2) is 22.5 Å². The molecule has 5 heterocycles. The van der Waals surface area contributed by atoms with E-state index in [2.05, 4.69) is 34.9 Å². The van der Waals surface area contributed by atoms with Crippen molar-refractivity contribution in [2.24, 2.45) is 0 Å². The Morgan fingerprint density at radius 3 is 2.51 bits per heavy atom. The van der Waals surface area contributed by atoms with Gasteiger partial charge in [0.25, 0.3) is 0 Å². The van der Waals surface area contributed by atoms with E-state index in [1.807, 2.05) is 48.5 Å². The second kappa shape index (κ2) is 11.6. The van der Waals surface area contributed by atoms with E-state index in [4.69, 9.17) is 4.74 Å². The van der Waals surface area contributed by atoms with Gasteiger partial charge < -0.3 is 9.72 Å². The number of sulfonamides is 1. The molecule has 7 aromatic rings. The van der Waals surface area contributed by atoms with E-state index in [0.29, 0.717) is 40.4 Å². The lowest BCUT2D eigenvalue weighted by Gasteiger charge is -2.08.